The number of hydrazone groups is 1. The van der Waals surface area contributed by atoms with Crippen molar-refractivity contribution in [3.05, 3.63) is 73.6 Å². The number of rotatable bonds is 2. The molecule has 0 aliphatic carbocycles. The van der Waals surface area contributed by atoms with Crippen molar-refractivity contribution >= 4 is 40.0 Å². The van der Waals surface area contributed by atoms with Crippen LogP contribution in [0.5, 0.6) is 5.75 Å². The zero-order chi connectivity index (χ0) is 16.1. The summed E-state index contributed by atoms with van der Waals surface area (Å²) in [7, 11) is 0. The van der Waals surface area contributed by atoms with Gasteiger partial charge in [-0.2, -0.15) is 5.10 Å². The van der Waals surface area contributed by atoms with Crippen molar-refractivity contribution in [1.82, 2.24) is 5.01 Å². The Balaban J connectivity index is 1.62. The first kappa shape index (κ1) is 14.5. The fourth-order valence-electron chi connectivity index (χ4n) is 3.27. The van der Waals surface area contributed by atoms with Crippen molar-refractivity contribution in [1.29, 1.82) is 0 Å². The molecule has 0 saturated carbocycles. The molecule has 2 aliphatic heterocycles. The van der Waals surface area contributed by atoms with E-state index in [0.717, 1.165) is 33.3 Å². The third kappa shape index (κ3) is 2.27. The fraction of sp³-hybridized carbons (Fsp3) is 0.167. The summed E-state index contributed by atoms with van der Waals surface area (Å²) in [6.07, 6.45) is 0.695. The third-order valence-corrected chi connectivity index (χ3v) is 6.40. The summed E-state index contributed by atoms with van der Waals surface area (Å²) in [5.41, 5.74) is 2.23. The minimum Gasteiger partial charge on any atom is -0.464 e. The lowest BCUT2D eigenvalue weighted by Gasteiger charge is -2.37. The van der Waals surface area contributed by atoms with Crippen LogP contribution in [-0.2, 0) is 0 Å². The molecule has 0 amide bonds. The second-order valence-electron chi connectivity index (χ2n) is 5.79. The molecule has 0 N–H and O–H groups in total. The number of nitrogens with zero attached hydrogens (tertiary/aromatic N) is 2. The van der Waals surface area contributed by atoms with Crippen LogP contribution in [0.1, 0.15) is 34.0 Å². The molecule has 1 aromatic carbocycles. The zero-order valence-electron chi connectivity index (χ0n) is 12.6. The molecular formula is C18H13ClN2OS2. The fourth-order valence-corrected chi connectivity index (χ4v) is 4.91. The Labute approximate surface area is 152 Å². The molecule has 0 unspecified atom stereocenters. The Morgan fingerprint density at radius 2 is 2.00 bits per heavy atom. The lowest BCUT2D eigenvalue weighted by molar-refractivity contribution is -0.0165. The predicted octanol–water partition coefficient (Wildman–Crippen LogP) is 5.71. The Kier molecular flexibility index (Phi) is 3.40. The van der Waals surface area contributed by atoms with Gasteiger partial charge in [-0.3, -0.25) is 0 Å². The first-order chi connectivity index (χ1) is 11.8. The monoisotopic (exact) mass is 372 g/mol. The lowest BCUT2D eigenvalue weighted by Crippen LogP contribution is -2.33. The van der Waals surface area contributed by atoms with Gasteiger partial charge in [-0.15, -0.1) is 22.7 Å². The summed E-state index contributed by atoms with van der Waals surface area (Å²) >= 11 is 9.65. The van der Waals surface area contributed by atoms with Crippen LogP contribution >= 0.6 is 34.3 Å². The predicted molar refractivity (Wildman–Crippen MR) is 99.2 cm³/mol. The van der Waals surface area contributed by atoms with Crippen molar-refractivity contribution in [3.8, 4) is 5.75 Å². The van der Waals surface area contributed by atoms with E-state index in [1.807, 2.05) is 18.2 Å². The minimum absolute atomic E-state index is 0.164. The third-order valence-electron chi connectivity index (χ3n) is 4.34. The van der Waals surface area contributed by atoms with Gasteiger partial charge in [0.1, 0.15) is 5.75 Å². The van der Waals surface area contributed by atoms with Gasteiger partial charge < -0.3 is 4.74 Å². The second-order valence-corrected chi connectivity index (χ2v) is 8.16. The molecule has 5 rings (SSSR count). The van der Waals surface area contributed by atoms with E-state index in [-0.39, 0.29) is 12.3 Å². The molecule has 4 heterocycles. The molecule has 0 fully saturated rings. The molecule has 0 radical (unpaired) electrons. The summed E-state index contributed by atoms with van der Waals surface area (Å²) in [5, 5.41) is 11.9. The number of halogens is 1. The van der Waals surface area contributed by atoms with Crippen LogP contribution in [0.25, 0.3) is 0 Å². The van der Waals surface area contributed by atoms with Gasteiger partial charge >= 0.3 is 0 Å². The number of hydrogen-bond donors (Lipinski definition) is 0. The van der Waals surface area contributed by atoms with Crippen molar-refractivity contribution in [2.24, 2.45) is 5.10 Å². The molecule has 3 nitrogen and oxygen atoms in total. The van der Waals surface area contributed by atoms with E-state index in [0.29, 0.717) is 0 Å². The molecule has 0 bridgehead atoms. The van der Waals surface area contributed by atoms with E-state index in [4.69, 9.17) is 21.4 Å². The van der Waals surface area contributed by atoms with Crippen LogP contribution in [0.2, 0.25) is 5.02 Å². The summed E-state index contributed by atoms with van der Waals surface area (Å²) in [5.74, 6) is 0.904. The molecule has 2 atom stereocenters. The van der Waals surface area contributed by atoms with Crippen molar-refractivity contribution in [3.63, 3.8) is 0 Å². The molecule has 120 valence electrons. The van der Waals surface area contributed by atoms with E-state index in [2.05, 4.69) is 40.0 Å². The van der Waals surface area contributed by atoms with Crippen LogP contribution in [-0.4, -0.2) is 10.7 Å². The number of thiophene rings is 2. The first-order valence-electron chi connectivity index (χ1n) is 7.69. The van der Waals surface area contributed by atoms with Gasteiger partial charge in [0.05, 0.1) is 21.5 Å². The first-order valence-corrected chi connectivity index (χ1v) is 9.82. The van der Waals surface area contributed by atoms with Crippen LogP contribution < -0.4 is 4.74 Å². The molecule has 3 aromatic rings. The molecule has 2 aliphatic rings. The van der Waals surface area contributed by atoms with E-state index in [1.165, 1.54) is 4.88 Å². The topological polar surface area (TPSA) is 24.8 Å². The number of hydrogen-bond acceptors (Lipinski definition) is 5. The maximum absolute atomic E-state index is 6.28. The van der Waals surface area contributed by atoms with Crippen molar-refractivity contribution < 1.29 is 4.74 Å². The van der Waals surface area contributed by atoms with Crippen LogP contribution in [0.15, 0.2) is 58.3 Å². The Hall–Kier alpha value is -1.82. The minimum atomic E-state index is -0.180. The van der Waals surface area contributed by atoms with E-state index in [1.54, 1.807) is 22.7 Å². The lowest BCUT2D eigenvalue weighted by atomic mass is 9.98. The van der Waals surface area contributed by atoms with E-state index in [9.17, 15) is 0 Å². The maximum Gasteiger partial charge on any atom is 0.222 e. The highest BCUT2D eigenvalue weighted by molar-refractivity contribution is 7.12. The Morgan fingerprint density at radius 3 is 2.79 bits per heavy atom. The highest BCUT2D eigenvalue weighted by atomic mass is 35.5. The standard InChI is InChI=1S/C18H13ClN2OS2/c19-11-5-6-15-12(9-11)14-10-13(16-3-1-7-23-16)20-21(14)18(22-15)17-4-2-8-24-17/h1-9,14,18H,10H2/t14-,18-/m1/s1. The molecule has 6 heteroatoms. The molecule has 0 spiro atoms. The number of benzene rings is 1. The van der Waals surface area contributed by atoms with Crippen LogP contribution in [0, 0.1) is 0 Å². The average molecular weight is 373 g/mol. The smallest absolute Gasteiger partial charge is 0.222 e. The summed E-state index contributed by atoms with van der Waals surface area (Å²) in [6, 6.07) is 14.4. The number of ether oxygens (including phenoxy) is 1. The second kappa shape index (κ2) is 5.62. The van der Waals surface area contributed by atoms with Crippen molar-refractivity contribution in [2.75, 3.05) is 0 Å². The van der Waals surface area contributed by atoms with Gasteiger partial charge in [0.25, 0.3) is 0 Å². The van der Waals surface area contributed by atoms with Crippen LogP contribution in [0.3, 0.4) is 0 Å². The average Bonchev–Trinajstić information content (AvgIpc) is 3.33. The van der Waals surface area contributed by atoms with Crippen LogP contribution in [0.4, 0.5) is 0 Å². The van der Waals surface area contributed by atoms with Gasteiger partial charge in [0.15, 0.2) is 0 Å². The maximum atomic E-state index is 6.28. The highest BCUT2D eigenvalue weighted by Crippen LogP contribution is 2.48. The largest absolute Gasteiger partial charge is 0.464 e. The molecular weight excluding hydrogens is 360 g/mol. The summed E-state index contributed by atoms with van der Waals surface area (Å²) in [4.78, 5) is 2.38. The zero-order valence-corrected chi connectivity index (χ0v) is 14.9. The van der Waals surface area contributed by atoms with Gasteiger partial charge in [0, 0.05) is 17.0 Å². The number of fused-ring (bicyclic) bond motifs is 3. The van der Waals surface area contributed by atoms with Crippen molar-refractivity contribution in [2.45, 2.75) is 18.7 Å². The van der Waals surface area contributed by atoms with Gasteiger partial charge in [0.2, 0.25) is 6.23 Å². The SMILES string of the molecule is Clc1ccc2c(c1)[C@H]1CC(c3cccs3)=NN1[C@@H](c1cccs1)O2. The normalized spacial score (nSPS) is 21.9. The highest BCUT2D eigenvalue weighted by Gasteiger charge is 2.41. The van der Waals surface area contributed by atoms with Gasteiger partial charge in [-0.05, 0) is 41.1 Å². The Morgan fingerprint density at radius 1 is 1.12 bits per heavy atom. The quantitative estimate of drug-likeness (QED) is 0.576. The molecule has 2 aromatic heterocycles. The Bertz CT molecular complexity index is 905. The van der Waals surface area contributed by atoms with E-state index < -0.39 is 0 Å². The summed E-state index contributed by atoms with van der Waals surface area (Å²) < 4.78 is 6.28. The van der Waals surface area contributed by atoms with Gasteiger partial charge in [-0.1, -0.05) is 23.7 Å². The molecule has 0 saturated heterocycles. The summed E-state index contributed by atoms with van der Waals surface area (Å²) in [6.45, 7) is 0. The van der Waals surface area contributed by atoms with Gasteiger partial charge in [-0.25, -0.2) is 5.01 Å². The molecule has 24 heavy (non-hydrogen) atoms. The van der Waals surface area contributed by atoms with E-state index >= 15 is 0 Å².